The molecule has 0 radical (unpaired) electrons. The van der Waals surface area contributed by atoms with Crippen molar-refractivity contribution in [3.8, 4) is 0 Å². The van der Waals surface area contributed by atoms with Crippen LogP contribution < -0.4 is 0 Å². The van der Waals surface area contributed by atoms with Gasteiger partial charge in [-0.25, -0.2) is 0 Å². The highest BCUT2D eigenvalue weighted by atomic mass is 16.3. The van der Waals surface area contributed by atoms with Crippen molar-refractivity contribution in [1.29, 1.82) is 0 Å². The van der Waals surface area contributed by atoms with Crippen LogP contribution in [0.2, 0.25) is 0 Å². The van der Waals surface area contributed by atoms with Crippen molar-refractivity contribution in [2.75, 3.05) is 13.1 Å². The fraction of sp³-hybridized carbons (Fsp3) is 1.00. The van der Waals surface area contributed by atoms with Crippen molar-refractivity contribution in [3.05, 3.63) is 9.81 Å². The Morgan fingerprint density at radius 3 is 1.50 bits per heavy atom. The molecule has 0 saturated heterocycles. The minimum absolute atomic E-state index is 0.162. The third kappa shape index (κ3) is 3.27. The Kier molecular flexibility index (Phi) is 4.62. The van der Waals surface area contributed by atoms with Crippen molar-refractivity contribution in [1.82, 2.24) is 0 Å². The summed E-state index contributed by atoms with van der Waals surface area (Å²) in [6, 6.07) is 0. The van der Waals surface area contributed by atoms with E-state index in [1.807, 2.05) is 13.8 Å². The van der Waals surface area contributed by atoms with Gasteiger partial charge >= 0.3 is 0 Å². The number of nitrogens with zero attached hydrogens (tertiary/aromatic N) is 2. The van der Waals surface area contributed by atoms with E-state index >= 15 is 0 Å². The summed E-state index contributed by atoms with van der Waals surface area (Å²) < 4.78 is 0. The molecule has 10 heavy (non-hydrogen) atoms. The molecule has 0 aliphatic heterocycles. The molecule has 0 spiro atoms. The molecule has 0 aromatic carbocycles. The lowest BCUT2D eigenvalue weighted by molar-refractivity contribution is 0.405. The lowest BCUT2D eigenvalue weighted by Gasteiger charge is -2.11. The van der Waals surface area contributed by atoms with Gasteiger partial charge in [-0.3, -0.25) is 0 Å². The number of hydrogen-bond donors (Lipinski definition) is 0. The number of nitroso groups, excluding NO2 is 2. The Morgan fingerprint density at radius 2 is 1.30 bits per heavy atom. The van der Waals surface area contributed by atoms with Gasteiger partial charge in [0.05, 0.1) is 13.1 Å². The maximum atomic E-state index is 9.77. The first-order chi connectivity index (χ1) is 4.72. The molecule has 58 valence electrons. The first-order valence-electron chi connectivity index (χ1n) is 3.30. The first kappa shape index (κ1) is 9.20. The van der Waals surface area contributed by atoms with E-state index in [-0.39, 0.29) is 24.9 Å². The van der Waals surface area contributed by atoms with E-state index in [0.29, 0.717) is 0 Å². The second kappa shape index (κ2) is 5.02. The molecule has 0 heterocycles. The van der Waals surface area contributed by atoms with Crippen molar-refractivity contribution >= 4 is 0 Å². The van der Waals surface area contributed by atoms with E-state index in [9.17, 15) is 9.81 Å². The second-order valence-electron chi connectivity index (χ2n) is 2.58. The summed E-state index contributed by atoms with van der Waals surface area (Å²) in [6.07, 6.45) is 0. The standard InChI is InChI=1S/C6H12N2O2/c1-5(3-7-9)6(2)4-8-10/h5-6H,3-4H2,1-2H3. The number of hydrogen-bond acceptors (Lipinski definition) is 4. The molecule has 0 saturated carbocycles. The molecule has 0 N–H and O–H groups in total. The van der Waals surface area contributed by atoms with E-state index in [4.69, 9.17) is 0 Å². The topological polar surface area (TPSA) is 58.9 Å². The van der Waals surface area contributed by atoms with Crippen molar-refractivity contribution < 1.29 is 0 Å². The smallest absolute Gasteiger partial charge is 0.0839 e. The molecule has 0 amide bonds. The predicted molar refractivity (Wildman–Crippen MR) is 39.7 cm³/mol. The molecule has 4 heteroatoms. The minimum Gasteiger partial charge on any atom is -0.151 e. The fourth-order valence-electron chi connectivity index (χ4n) is 0.595. The molecule has 2 unspecified atom stereocenters. The minimum atomic E-state index is 0.162. The molecule has 0 fully saturated rings. The Hall–Kier alpha value is -0.800. The van der Waals surface area contributed by atoms with Gasteiger partial charge in [0, 0.05) is 0 Å². The first-order valence-corrected chi connectivity index (χ1v) is 3.30. The summed E-state index contributed by atoms with van der Waals surface area (Å²) in [5, 5.41) is 5.49. The van der Waals surface area contributed by atoms with Crippen molar-refractivity contribution in [2.45, 2.75) is 13.8 Å². The summed E-state index contributed by atoms with van der Waals surface area (Å²) in [4.78, 5) is 19.5. The van der Waals surface area contributed by atoms with Crippen LogP contribution in [0.5, 0.6) is 0 Å². The van der Waals surface area contributed by atoms with E-state index < -0.39 is 0 Å². The lowest BCUT2D eigenvalue weighted by atomic mass is 9.97. The average Bonchev–Trinajstić information content (AvgIpc) is 1.89. The Morgan fingerprint density at radius 1 is 1.00 bits per heavy atom. The summed E-state index contributed by atoms with van der Waals surface area (Å²) in [6.45, 7) is 4.32. The van der Waals surface area contributed by atoms with Gasteiger partial charge < -0.3 is 0 Å². The van der Waals surface area contributed by atoms with Crippen molar-refractivity contribution in [2.24, 2.45) is 22.2 Å². The van der Waals surface area contributed by atoms with Crippen LogP contribution >= 0.6 is 0 Å². The highest BCUT2D eigenvalue weighted by Gasteiger charge is 2.11. The normalized spacial score (nSPS) is 15.8. The molecule has 0 aromatic rings. The van der Waals surface area contributed by atoms with Gasteiger partial charge in [-0.1, -0.05) is 24.2 Å². The van der Waals surface area contributed by atoms with Crippen LogP contribution in [0.3, 0.4) is 0 Å². The van der Waals surface area contributed by atoms with Gasteiger partial charge in [0.25, 0.3) is 0 Å². The van der Waals surface area contributed by atoms with Gasteiger partial charge in [0.15, 0.2) is 0 Å². The maximum absolute atomic E-state index is 9.77. The zero-order valence-corrected chi connectivity index (χ0v) is 6.28. The van der Waals surface area contributed by atoms with Gasteiger partial charge in [-0.05, 0) is 11.8 Å². The van der Waals surface area contributed by atoms with E-state index in [1.54, 1.807) is 0 Å². The van der Waals surface area contributed by atoms with Crippen LogP contribution in [0, 0.1) is 21.6 Å². The maximum Gasteiger partial charge on any atom is 0.0839 e. The zero-order chi connectivity index (χ0) is 7.98. The zero-order valence-electron chi connectivity index (χ0n) is 6.28. The third-order valence-corrected chi connectivity index (χ3v) is 1.70. The Bertz CT molecular complexity index is 102. The third-order valence-electron chi connectivity index (χ3n) is 1.70. The molecule has 0 rings (SSSR count). The Balaban J connectivity index is 3.56. The second-order valence-corrected chi connectivity index (χ2v) is 2.58. The summed E-state index contributed by atoms with van der Waals surface area (Å²) in [7, 11) is 0. The molecular formula is C6H12N2O2. The predicted octanol–water partition coefficient (Wildman–Crippen LogP) is 1.79. The lowest BCUT2D eigenvalue weighted by Crippen LogP contribution is -2.13. The molecule has 2 atom stereocenters. The SMILES string of the molecule is CC(CN=O)C(C)CN=O. The Labute approximate surface area is 60.0 Å². The molecule has 0 aliphatic rings. The quantitative estimate of drug-likeness (QED) is 0.552. The highest BCUT2D eigenvalue weighted by Crippen LogP contribution is 2.10. The molecular weight excluding hydrogens is 132 g/mol. The van der Waals surface area contributed by atoms with Crippen LogP contribution in [0.1, 0.15) is 13.8 Å². The number of rotatable bonds is 5. The summed E-state index contributed by atoms with van der Waals surface area (Å²) in [5.74, 6) is 0.324. The van der Waals surface area contributed by atoms with Gasteiger partial charge in [-0.15, -0.1) is 0 Å². The van der Waals surface area contributed by atoms with Crippen LogP contribution in [-0.2, 0) is 0 Å². The largest absolute Gasteiger partial charge is 0.151 e. The van der Waals surface area contributed by atoms with E-state index in [1.165, 1.54) is 0 Å². The monoisotopic (exact) mass is 144 g/mol. The van der Waals surface area contributed by atoms with E-state index in [2.05, 4.69) is 10.4 Å². The molecule has 0 bridgehead atoms. The fourth-order valence-corrected chi connectivity index (χ4v) is 0.595. The van der Waals surface area contributed by atoms with Gasteiger partial charge in [0.1, 0.15) is 0 Å². The van der Waals surface area contributed by atoms with Crippen molar-refractivity contribution in [3.63, 3.8) is 0 Å². The van der Waals surface area contributed by atoms with Crippen LogP contribution in [0.4, 0.5) is 0 Å². The molecule has 0 aromatic heterocycles. The molecule has 0 aliphatic carbocycles. The van der Waals surface area contributed by atoms with Crippen LogP contribution in [0.15, 0.2) is 10.4 Å². The molecule has 4 nitrogen and oxygen atoms in total. The van der Waals surface area contributed by atoms with Gasteiger partial charge in [-0.2, -0.15) is 9.81 Å². The average molecular weight is 144 g/mol. The highest BCUT2D eigenvalue weighted by molar-refractivity contribution is 4.65. The van der Waals surface area contributed by atoms with Gasteiger partial charge in [0.2, 0.25) is 0 Å². The summed E-state index contributed by atoms with van der Waals surface area (Å²) in [5.41, 5.74) is 0. The van der Waals surface area contributed by atoms with Crippen LogP contribution in [0.25, 0.3) is 0 Å². The van der Waals surface area contributed by atoms with Crippen LogP contribution in [-0.4, -0.2) is 13.1 Å². The van der Waals surface area contributed by atoms with E-state index in [0.717, 1.165) is 0 Å². The summed E-state index contributed by atoms with van der Waals surface area (Å²) >= 11 is 0.